The summed E-state index contributed by atoms with van der Waals surface area (Å²) in [5.74, 6) is 0. The Hall–Kier alpha value is 0.177. The summed E-state index contributed by atoms with van der Waals surface area (Å²) < 4.78 is 6.25. The van der Waals surface area contributed by atoms with Crippen molar-refractivity contribution < 1.29 is 4.43 Å². The van der Waals surface area contributed by atoms with Gasteiger partial charge >= 0.3 is 0 Å². The van der Waals surface area contributed by atoms with Crippen LogP contribution in [0.4, 0.5) is 0 Å². The van der Waals surface area contributed by atoms with E-state index in [0.717, 1.165) is 6.61 Å². The van der Waals surface area contributed by atoms with Gasteiger partial charge in [0.15, 0.2) is 8.32 Å². The van der Waals surface area contributed by atoms with Gasteiger partial charge in [-0.2, -0.15) is 0 Å². The molecule has 0 spiro atoms. The lowest BCUT2D eigenvalue weighted by atomic mass is 10.1. The van der Waals surface area contributed by atoms with Crippen LogP contribution in [-0.2, 0) is 4.43 Å². The summed E-state index contributed by atoms with van der Waals surface area (Å²) in [4.78, 5) is 0. The topological polar surface area (TPSA) is 9.23 Å². The van der Waals surface area contributed by atoms with E-state index in [1.807, 2.05) is 0 Å². The van der Waals surface area contributed by atoms with E-state index in [2.05, 4.69) is 13.5 Å². The third-order valence-electron chi connectivity index (χ3n) is 4.36. The maximum atomic E-state index is 6.25. The molecule has 1 aliphatic heterocycles. The van der Waals surface area contributed by atoms with Gasteiger partial charge in [-0.25, -0.2) is 0 Å². The van der Waals surface area contributed by atoms with Crippen molar-refractivity contribution in [2.45, 2.75) is 96.2 Å². The Labute approximate surface area is 116 Å². The van der Waals surface area contributed by atoms with E-state index in [9.17, 15) is 0 Å². The summed E-state index contributed by atoms with van der Waals surface area (Å²) in [7, 11) is -1.22. The van der Waals surface area contributed by atoms with Gasteiger partial charge in [0.1, 0.15) is 0 Å². The fourth-order valence-electron chi connectivity index (χ4n) is 3.00. The molecule has 0 saturated carbocycles. The minimum atomic E-state index is -1.22. The van der Waals surface area contributed by atoms with E-state index in [1.54, 1.807) is 0 Å². The Morgan fingerprint density at radius 3 is 1.94 bits per heavy atom. The molecule has 0 aromatic rings. The predicted octanol–water partition coefficient (Wildman–Crippen LogP) is 5.90. The fourth-order valence-corrected chi connectivity index (χ4v) is 6.17. The summed E-state index contributed by atoms with van der Waals surface area (Å²) in [6.45, 7) is 5.79. The Bertz CT molecular complexity index is 188. The number of hydrogen-bond acceptors (Lipinski definition) is 1. The minimum Gasteiger partial charge on any atom is -0.417 e. The van der Waals surface area contributed by atoms with Crippen LogP contribution in [0.3, 0.4) is 0 Å². The molecule has 0 N–H and O–H groups in total. The highest BCUT2D eigenvalue weighted by atomic mass is 28.4. The van der Waals surface area contributed by atoms with Crippen molar-refractivity contribution in [3.8, 4) is 0 Å². The van der Waals surface area contributed by atoms with Crippen LogP contribution in [0, 0.1) is 0 Å². The molecule has 0 aliphatic carbocycles. The average Bonchev–Trinajstić information content (AvgIpc) is 2.38. The van der Waals surface area contributed by atoms with Gasteiger partial charge in [-0.3, -0.25) is 0 Å². The summed E-state index contributed by atoms with van der Waals surface area (Å²) in [5, 5.41) is 0. The normalized spacial score (nSPS) is 19.0. The molecule has 108 valence electrons. The van der Waals surface area contributed by atoms with Gasteiger partial charge in [0.25, 0.3) is 0 Å². The first-order chi connectivity index (χ1) is 8.77. The van der Waals surface area contributed by atoms with Gasteiger partial charge in [-0.05, 0) is 25.1 Å². The molecular formula is C16H34OSi. The van der Waals surface area contributed by atoms with Crippen LogP contribution in [0.25, 0.3) is 0 Å². The van der Waals surface area contributed by atoms with Crippen molar-refractivity contribution in [3.63, 3.8) is 0 Å². The average molecular weight is 271 g/mol. The lowest BCUT2D eigenvalue weighted by Crippen LogP contribution is -2.36. The van der Waals surface area contributed by atoms with E-state index in [-0.39, 0.29) is 0 Å². The maximum absolute atomic E-state index is 6.25. The zero-order valence-corrected chi connectivity index (χ0v) is 13.8. The van der Waals surface area contributed by atoms with Crippen LogP contribution in [0.5, 0.6) is 0 Å². The smallest absolute Gasteiger partial charge is 0.189 e. The lowest BCUT2D eigenvalue weighted by Gasteiger charge is -2.31. The molecule has 1 aliphatic rings. The van der Waals surface area contributed by atoms with E-state index in [4.69, 9.17) is 4.43 Å². The molecule has 0 radical (unpaired) electrons. The summed E-state index contributed by atoms with van der Waals surface area (Å²) in [6.07, 6.45) is 15.5. The molecule has 18 heavy (non-hydrogen) atoms. The van der Waals surface area contributed by atoms with Gasteiger partial charge < -0.3 is 4.43 Å². The van der Waals surface area contributed by atoms with E-state index < -0.39 is 8.32 Å². The van der Waals surface area contributed by atoms with Crippen LogP contribution < -0.4 is 0 Å². The van der Waals surface area contributed by atoms with E-state index in [1.165, 1.54) is 82.7 Å². The van der Waals surface area contributed by atoms with Crippen molar-refractivity contribution >= 4 is 8.32 Å². The van der Waals surface area contributed by atoms with Gasteiger partial charge in [-0.1, -0.05) is 71.1 Å². The molecule has 0 amide bonds. The minimum absolute atomic E-state index is 1.05. The Morgan fingerprint density at radius 1 is 0.778 bits per heavy atom. The van der Waals surface area contributed by atoms with Crippen molar-refractivity contribution in [2.24, 2.45) is 0 Å². The fraction of sp³-hybridized carbons (Fsp3) is 1.00. The molecule has 0 bridgehead atoms. The van der Waals surface area contributed by atoms with Crippen molar-refractivity contribution in [2.75, 3.05) is 6.61 Å². The SMILES string of the molecule is CCCCCCCCCCO[Si]1(C)CCCCC1. The second-order valence-electron chi connectivity index (χ2n) is 6.33. The molecule has 0 atom stereocenters. The van der Waals surface area contributed by atoms with Crippen LogP contribution in [0.15, 0.2) is 0 Å². The first kappa shape index (κ1) is 16.2. The monoisotopic (exact) mass is 270 g/mol. The molecule has 0 unspecified atom stereocenters. The number of rotatable bonds is 10. The summed E-state index contributed by atoms with van der Waals surface area (Å²) >= 11 is 0. The molecule has 1 saturated heterocycles. The summed E-state index contributed by atoms with van der Waals surface area (Å²) in [6, 6.07) is 2.84. The second-order valence-corrected chi connectivity index (χ2v) is 10.5. The predicted molar refractivity (Wildman–Crippen MR) is 83.6 cm³/mol. The zero-order chi connectivity index (χ0) is 13.1. The molecule has 1 nitrogen and oxygen atoms in total. The molecule has 1 heterocycles. The first-order valence-corrected chi connectivity index (χ1v) is 11.2. The third-order valence-corrected chi connectivity index (χ3v) is 8.08. The highest BCUT2D eigenvalue weighted by Gasteiger charge is 2.30. The highest BCUT2D eigenvalue weighted by molar-refractivity contribution is 6.72. The molecule has 1 rings (SSSR count). The van der Waals surface area contributed by atoms with Crippen molar-refractivity contribution in [3.05, 3.63) is 0 Å². The maximum Gasteiger partial charge on any atom is 0.189 e. The standard InChI is InChI=1S/C16H34OSi/c1-3-4-5-6-7-8-9-11-14-17-18(2)15-12-10-13-16-18/h3-16H2,1-2H3. The molecule has 0 aromatic heterocycles. The first-order valence-electron chi connectivity index (χ1n) is 8.41. The summed E-state index contributed by atoms with van der Waals surface area (Å²) in [5.41, 5.74) is 0. The van der Waals surface area contributed by atoms with Crippen LogP contribution in [-0.4, -0.2) is 14.9 Å². The Kier molecular flexibility index (Phi) is 9.04. The van der Waals surface area contributed by atoms with Crippen LogP contribution in [0.2, 0.25) is 18.6 Å². The molecule has 1 fully saturated rings. The Balaban J connectivity index is 1.86. The van der Waals surface area contributed by atoms with Gasteiger partial charge in [0.05, 0.1) is 0 Å². The van der Waals surface area contributed by atoms with Crippen LogP contribution in [0.1, 0.15) is 77.6 Å². The van der Waals surface area contributed by atoms with Crippen molar-refractivity contribution in [1.29, 1.82) is 0 Å². The Morgan fingerprint density at radius 2 is 1.33 bits per heavy atom. The quantitative estimate of drug-likeness (QED) is 0.354. The van der Waals surface area contributed by atoms with E-state index in [0.29, 0.717) is 0 Å². The van der Waals surface area contributed by atoms with Gasteiger partial charge in [0.2, 0.25) is 0 Å². The zero-order valence-electron chi connectivity index (χ0n) is 12.8. The second kappa shape index (κ2) is 10.0. The van der Waals surface area contributed by atoms with Crippen molar-refractivity contribution in [1.82, 2.24) is 0 Å². The molecule has 0 aromatic carbocycles. The van der Waals surface area contributed by atoms with Gasteiger partial charge in [-0.15, -0.1) is 0 Å². The molecular weight excluding hydrogens is 236 g/mol. The number of unbranched alkanes of at least 4 members (excludes halogenated alkanes) is 7. The third kappa shape index (κ3) is 7.58. The number of hydrogen-bond donors (Lipinski definition) is 0. The van der Waals surface area contributed by atoms with Crippen LogP contribution >= 0.6 is 0 Å². The largest absolute Gasteiger partial charge is 0.417 e. The van der Waals surface area contributed by atoms with Gasteiger partial charge in [0, 0.05) is 6.61 Å². The van der Waals surface area contributed by atoms with E-state index >= 15 is 0 Å². The molecule has 2 heteroatoms. The lowest BCUT2D eigenvalue weighted by molar-refractivity contribution is 0.283. The highest BCUT2D eigenvalue weighted by Crippen LogP contribution is 2.29.